The van der Waals surface area contributed by atoms with Crippen molar-refractivity contribution < 1.29 is 9.26 Å². The van der Waals surface area contributed by atoms with Crippen LogP contribution in [0.2, 0.25) is 5.02 Å². The highest BCUT2D eigenvalue weighted by Crippen LogP contribution is 2.17. The van der Waals surface area contributed by atoms with Gasteiger partial charge in [-0.2, -0.15) is 4.98 Å². The van der Waals surface area contributed by atoms with Gasteiger partial charge in [0.2, 0.25) is 5.89 Å². The lowest BCUT2D eigenvalue weighted by molar-refractivity contribution is 0.212. The van der Waals surface area contributed by atoms with Crippen LogP contribution in [0.15, 0.2) is 59.1 Å². The molecule has 3 aromatic rings. The van der Waals surface area contributed by atoms with Gasteiger partial charge in [-0.25, -0.2) is 0 Å². The number of rotatable bonds is 8. The summed E-state index contributed by atoms with van der Waals surface area (Å²) in [6.45, 7) is 1.94. The zero-order valence-electron chi connectivity index (χ0n) is 14.1. The largest absolute Gasteiger partial charge is 0.492 e. The third-order valence-electron chi connectivity index (χ3n) is 3.71. The molecule has 0 aliphatic carbocycles. The molecular weight excluding hydrogens is 338 g/mol. The molecular formula is C19H20ClN3O2. The molecule has 0 spiro atoms. The molecule has 25 heavy (non-hydrogen) atoms. The molecule has 0 radical (unpaired) electrons. The van der Waals surface area contributed by atoms with Crippen molar-refractivity contribution in [1.29, 1.82) is 0 Å². The Morgan fingerprint density at radius 1 is 1.08 bits per heavy atom. The van der Waals surface area contributed by atoms with Crippen LogP contribution in [0.25, 0.3) is 0 Å². The maximum atomic E-state index is 6.16. The number of aromatic nitrogens is 2. The van der Waals surface area contributed by atoms with Gasteiger partial charge >= 0.3 is 0 Å². The van der Waals surface area contributed by atoms with Gasteiger partial charge < -0.3 is 9.26 Å². The van der Waals surface area contributed by atoms with Crippen molar-refractivity contribution in [3.63, 3.8) is 0 Å². The van der Waals surface area contributed by atoms with Crippen molar-refractivity contribution in [3.8, 4) is 5.75 Å². The molecule has 1 aromatic heterocycles. The monoisotopic (exact) mass is 357 g/mol. The van der Waals surface area contributed by atoms with Crippen molar-refractivity contribution in [1.82, 2.24) is 15.0 Å². The van der Waals surface area contributed by atoms with Crippen LogP contribution in [0.5, 0.6) is 5.75 Å². The molecule has 0 unspecified atom stereocenters. The van der Waals surface area contributed by atoms with Crippen LogP contribution < -0.4 is 4.74 Å². The van der Waals surface area contributed by atoms with Crippen LogP contribution in [-0.4, -0.2) is 35.2 Å². The lowest BCUT2D eigenvalue weighted by atomic mass is 10.1. The van der Waals surface area contributed by atoms with Crippen LogP contribution in [0.3, 0.4) is 0 Å². The molecule has 1 heterocycles. The van der Waals surface area contributed by atoms with E-state index in [1.54, 1.807) is 0 Å². The molecule has 2 aromatic carbocycles. The quantitative estimate of drug-likeness (QED) is 0.613. The molecule has 0 fully saturated rings. The Hall–Kier alpha value is -2.37. The fraction of sp³-hybridized carbons (Fsp3) is 0.263. The van der Waals surface area contributed by atoms with E-state index in [0.29, 0.717) is 36.3 Å². The van der Waals surface area contributed by atoms with Gasteiger partial charge in [-0.15, -0.1) is 0 Å². The lowest BCUT2D eigenvalue weighted by Crippen LogP contribution is -2.24. The molecule has 0 amide bonds. The van der Waals surface area contributed by atoms with Crippen LogP contribution in [0, 0.1) is 0 Å². The van der Waals surface area contributed by atoms with Gasteiger partial charge in [0.05, 0.1) is 6.54 Å². The lowest BCUT2D eigenvalue weighted by Gasteiger charge is -2.14. The first-order chi connectivity index (χ1) is 12.2. The fourth-order valence-electron chi connectivity index (χ4n) is 2.38. The van der Waals surface area contributed by atoms with E-state index in [2.05, 4.69) is 15.0 Å². The first-order valence-corrected chi connectivity index (χ1v) is 8.50. The first kappa shape index (κ1) is 17.5. The number of hydrogen-bond donors (Lipinski definition) is 0. The molecule has 3 rings (SSSR count). The van der Waals surface area contributed by atoms with E-state index >= 15 is 0 Å². The zero-order chi connectivity index (χ0) is 17.5. The molecule has 0 atom stereocenters. The normalized spacial score (nSPS) is 11.0. The van der Waals surface area contributed by atoms with Crippen molar-refractivity contribution in [2.45, 2.75) is 13.0 Å². The van der Waals surface area contributed by atoms with Crippen LogP contribution in [-0.2, 0) is 13.0 Å². The average Bonchev–Trinajstić information content (AvgIpc) is 3.05. The predicted octanol–water partition coefficient (Wildman–Crippen LogP) is 3.82. The summed E-state index contributed by atoms with van der Waals surface area (Å²) >= 11 is 6.16. The Balaban J connectivity index is 1.47. The van der Waals surface area contributed by atoms with Gasteiger partial charge in [-0.3, -0.25) is 4.90 Å². The van der Waals surface area contributed by atoms with Crippen molar-refractivity contribution in [2.24, 2.45) is 0 Å². The highest BCUT2D eigenvalue weighted by Gasteiger charge is 2.11. The second kappa shape index (κ2) is 8.65. The highest BCUT2D eigenvalue weighted by molar-refractivity contribution is 6.31. The fourth-order valence-corrected chi connectivity index (χ4v) is 2.59. The third kappa shape index (κ3) is 5.31. The van der Waals surface area contributed by atoms with Gasteiger partial charge in [0, 0.05) is 18.0 Å². The van der Waals surface area contributed by atoms with Gasteiger partial charge in [-0.05, 0) is 30.8 Å². The van der Waals surface area contributed by atoms with Gasteiger partial charge in [-0.1, -0.05) is 53.2 Å². The Kier molecular flexibility index (Phi) is 6.04. The van der Waals surface area contributed by atoms with Gasteiger partial charge in [0.25, 0.3) is 0 Å². The summed E-state index contributed by atoms with van der Waals surface area (Å²) < 4.78 is 11.0. The van der Waals surface area contributed by atoms with Crippen LogP contribution in [0.1, 0.15) is 17.3 Å². The second-order valence-electron chi connectivity index (χ2n) is 5.77. The van der Waals surface area contributed by atoms with E-state index in [-0.39, 0.29) is 0 Å². The summed E-state index contributed by atoms with van der Waals surface area (Å²) in [6, 6.07) is 17.4. The molecule has 0 saturated carbocycles. The summed E-state index contributed by atoms with van der Waals surface area (Å²) in [4.78, 5) is 6.51. The van der Waals surface area contributed by atoms with E-state index in [9.17, 15) is 0 Å². The molecule has 0 bridgehead atoms. The minimum Gasteiger partial charge on any atom is -0.492 e. The SMILES string of the molecule is CN(CCOc1ccccc1)Cc1nc(Cc2ccccc2Cl)no1. The van der Waals surface area contributed by atoms with E-state index in [1.165, 1.54) is 0 Å². The summed E-state index contributed by atoms with van der Waals surface area (Å²) in [7, 11) is 1.99. The maximum Gasteiger partial charge on any atom is 0.240 e. The summed E-state index contributed by atoms with van der Waals surface area (Å²) in [6.07, 6.45) is 0.560. The van der Waals surface area contributed by atoms with Crippen molar-refractivity contribution in [3.05, 3.63) is 76.9 Å². The van der Waals surface area contributed by atoms with Crippen molar-refractivity contribution in [2.75, 3.05) is 20.2 Å². The Morgan fingerprint density at radius 3 is 2.64 bits per heavy atom. The molecule has 0 saturated heterocycles. The molecule has 6 heteroatoms. The standard InChI is InChI=1S/C19H20ClN3O2/c1-23(11-12-24-16-8-3-2-4-9-16)14-19-21-18(22-25-19)13-15-7-5-6-10-17(15)20/h2-10H,11-14H2,1H3. The Bertz CT molecular complexity index is 792. The minimum absolute atomic E-state index is 0.560. The molecule has 130 valence electrons. The highest BCUT2D eigenvalue weighted by atomic mass is 35.5. The topological polar surface area (TPSA) is 51.4 Å². The number of likely N-dealkylation sites (N-methyl/N-ethyl adjacent to an activating group) is 1. The number of nitrogens with zero attached hydrogens (tertiary/aromatic N) is 3. The number of halogens is 1. The Morgan fingerprint density at radius 2 is 1.84 bits per heavy atom. The molecule has 0 N–H and O–H groups in total. The van der Waals surface area contributed by atoms with Gasteiger partial charge in [0.15, 0.2) is 5.82 Å². The van der Waals surface area contributed by atoms with E-state index in [1.807, 2.05) is 61.6 Å². The van der Waals surface area contributed by atoms with E-state index < -0.39 is 0 Å². The molecule has 5 nitrogen and oxygen atoms in total. The minimum atomic E-state index is 0.560. The maximum absolute atomic E-state index is 6.16. The van der Waals surface area contributed by atoms with Crippen LogP contribution >= 0.6 is 11.6 Å². The zero-order valence-corrected chi connectivity index (χ0v) is 14.8. The third-order valence-corrected chi connectivity index (χ3v) is 4.08. The summed E-state index contributed by atoms with van der Waals surface area (Å²) in [5, 5.41) is 4.74. The summed E-state index contributed by atoms with van der Waals surface area (Å²) in [5.41, 5.74) is 0.987. The number of ether oxygens (including phenoxy) is 1. The average molecular weight is 358 g/mol. The van der Waals surface area contributed by atoms with E-state index in [0.717, 1.165) is 17.9 Å². The van der Waals surface area contributed by atoms with E-state index in [4.69, 9.17) is 20.9 Å². The summed E-state index contributed by atoms with van der Waals surface area (Å²) in [5.74, 6) is 2.09. The number of para-hydroxylation sites is 1. The number of hydrogen-bond acceptors (Lipinski definition) is 5. The molecule has 0 aliphatic rings. The second-order valence-corrected chi connectivity index (χ2v) is 6.18. The Labute approximate surface area is 152 Å². The smallest absolute Gasteiger partial charge is 0.240 e. The van der Waals surface area contributed by atoms with Crippen LogP contribution in [0.4, 0.5) is 0 Å². The predicted molar refractivity (Wildman–Crippen MR) is 96.8 cm³/mol. The van der Waals surface area contributed by atoms with Crippen molar-refractivity contribution >= 4 is 11.6 Å². The molecule has 0 aliphatic heterocycles. The number of benzene rings is 2. The first-order valence-electron chi connectivity index (χ1n) is 8.12. The van der Waals surface area contributed by atoms with Gasteiger partial charge in [0.1, 0.15) is 12.4 Å².